The lowest BCUT2D eigenvalue weighted by Crippen LogP contribution is -2.10. The van der Waals surface area contributed by atoms with E-state index in [9.17, 15) is 9.59 Å². The normalized spacial score (nSPS) is 10.2. The van der Waals surface area contributed by atoms with Crippen molar-refractivity contribution < 1.29 is 14.3 Å². The Labute approximate surface area is 131 Å². The van der Waals surface area contributed by atoms with E-state index in [1.54, 1.807) is 44.2 Å². The van der Waals surface area contributed by atoms with Crippen molar-refractivity contribution in [3.63, 3.8) is 0 Å². The monoisotopic (exact) mass is 323 g/mol. The number of hydrogen-bond donors (Lipinski definition) is 1. The van der Waals surface area contributed by atoms with Crippen molar-refractivity contribution in [2.75, 3.05) is 11.9 Å². The van der Waals surface area contributed by atoms with Crippen LogP contribution in [-0.4, -0.2) is 18.5 Å². The number of thiophene rings is 1. The van der Waals surface area contributed by atoms with Crippen molar-refractivity contribution in [1.82, 2.24) is 0 Å². The average Bonchev–Trinajstić information content (AvgIpc) is 2.80. The minimum atomic E-state index is -0.369. The number of ether oxygens (including phenoxy) is 1. The highest BCUT2D eigenvalue weighted by Gasteiger charge is 2.16. The fraction of sp³-hybridized carbons (Fsp3) is 0.200. The second-order valence-corrected chi connectivity index (χ2v) is 5.79. The van der Waals surface area contributed by atoms with Crippen LogP contribution in [0.2, 0.25) is 5.02 Å². The molecule has 1 amide bonds. The number of hydrogen-bond acceptors (Lipinski definition) is 4. The number of halogens is 1. The first-order valence-corrected chi connectivity index (χ1v) is 7.55. The highest BCUT2D eigenvalue weighted by molar-refractivity contribution is 7.18. The molecule has 110 valence electrons. The molecule has 0 aliphatic heterocycles. The van der Waals surface area contributed by atoms with Gasteiger partial charge in [-0.3, -0.25) is 4.79 Å². The Morgan fingerprint density at radius 3 is 2.57 bits per heavy atom. The zero-order valence-corrected chi connectivity index (χ0v) is 13.2. The summed E-state index contributed by atoms with van der Waals surface area (Å²) in [6, 6.07) is 8.35. The summed E-state index contributed by atoms with van der Waals surface area (Å²) in [7, 11) is 0. The maximum absolute atomic E-state index is 12.1. The van der Waals surface area contributed by atoms with E-state index in [0.29, 0.717) is 27.1 Å². The van der Waals surface area contributed by atoms with Crippen LogP contribution in [0.4, 0.5) is 5.00 Å². The first kappa shape index (κ1) is 15.5. The number of nitrogens with one attached hydrogen (secondary N) is 1. The third-order valence-corrected chi connectivity index (χ3v) is 4.11. The molecule has 2 aromatic rings. The van der Waals surface area contributed by atoms with Crippen LogP contribution in [0.15, 0.2) is 30.3 Å². The van der Waals surface area contributed by atoms with Gasteiger partial charge in [-0.2, -0.15) is 0 Å². The summed E-state index contributed by atoms with van der Waals surface area (Å²) in [4.78, 5) is 24.3. The smallest absolute Gasteiger partial charge is 0.348 e. The molecule has 1 heterocycles. The lowest BCUT2D eigenvalue weighted by Gasteiger charge is -2.02. The molecule has 0 aliphatic rings. The number of anilines is 1. The Kier molecular flexibility index (Phi) is 4.98. The van der Waals surface area contributed by atoms with Gasteiger partial charge in [0.2, 0.25) is 0 Å². The standard InChI is InChI=1S/C15H14ClNO3S/c1-3-20-15(19)13-9(2)8-12(21-13)17-14(18)10-4-6-11(16)7-5-10/h4-8H,3H2,1-2H3,(H,17,18). The summed E-state index contributed by atoms with van der Waals surface area (Å²) in [5.74, 6) is -0.615. The number of carbonyl (C=O) groups is 2. The topological polar surface area (TPSA) is 55.4 Å². The summed E-state index contributed by atoms with van der Waals surface area (Å²) in [6.45, 7) is 3.88. The Hall–Kier alpha value is -1.85. The predicted octanol–water partition coefficient (Wildman–Crippen LogP) is 4.14. The molecule has 0 saturated heterocycles. The molecule has 0 atom stereocenters. The minimum absolute atomic E-state index is 0.247. The maximum Gasteiger partial charge on any atom is 0.348 e. The molecule has 1 N–H and O–H groups in total. The molecule has 1 aromatic heterocycles. The maximum atomic E-state index is 12.1. The summed E-state index contributed by atoms with van der Waals surface area (Å²) >= 11 is 6.99. The molecular formula is C15H14ClNO3S. The quantitative estimate of drug-likeness (QED) is 0.860. The fourth-order valence-electron chi connectivity index (χ4n) is 1.73. The third kappa shape index (κ3) is 3.83. The van der Waals surface area contributed by atoms with Crippen LogP contribution in [0.1, 0.15) is 32.5 Å². The average molecular weight is 324 g/mol. The summed E-state index contributed by atoms with van der Waals surface area (Å²) in [5, 5.41) is 3.94. The van der Waals surface area contributed by atoms with Gasteiger partial charge in [-0.25, -0.2) is 4.79 Å². The minimum Gasteiger partial charge on any atom is -0.462 e. The highest BCUT2D eigenvalue weighted by atomic mass is 35.5. The van der Waals surface area contributed by atoms with Crippen molar-refractivity contribution in [2.45, 2.75) is 13.8 Å². The van der Waals surface area contributed by atoms with Crippen molar-refractivity contribution in [3.8, 4) is 0 Å². The lowest BCUT2D eigenvalue weighted by molar-refractivity contribution is 0.0531. The zero-order valence-electron chi connectivity index (χ0n) is 11.6. The molecule has 6 heteroatoms. The zero-order chi connectivity index (χ0) is 15.4. The molecular weight excluding hydrogens is 310 g/mol. The molecule has 4 nitrogen and oxygen atoms in total. The van der Waals surface area contributed by atoms with E-state index in [4.69, 9.17) is 16.3 Å². The second kappa shape index (κ2) is 6.74. The molecule has 0 unspecified atom stereocenters. The number of esters is 1. The van der Waals surface area contributed by atoms with Crippen LogP contribution >= 0.6 is 22.9 Å². The van der Waals surface area contributed by atoms with Crippen molar-refractivity contribution >= 4 is 39.8 Å². The molecule has 0 bridgehead atoms. The highest BCUT2D eigenvalue weighted by Crippen LogP contribution is 2.27. The molecule has 0 saturated carbocycles. The van der Waals surface area contributed by atoms with E-state index in [1.807, 2.05) is 0 Å². The number of aryl methyl sites for hydroxylation is 1. The molecule has 2 rings (SSSR count). The van der Waals surface area contributed by atoms with Crippen LogP contribution < -0.4 is 5.32 Å². The first-order chi connectivity index (χ1) is 10.0. The van der Waals surface area contributed by atoms with Gasteiger partial charge in [0.1, 0.15) is 4.88 Å². The lowest BCUT2D eigenvalue weighted by atomic mass is 10.2. The van der Waals surface area contributed by atoms with Gasteiger partial charge < -0.3 is 10.1 Å². The summed E-state index contributed by atoms with van der Waals surface area (Å²) in [6.07, 6.45) is 0. The number of carbonyl (C=O) groups excluding carboxylic acids is 2. The Balaban J connectivity index is 2.13. The van der Waals surface area contributed by atoms with Crippen LogP contribution in [0, 0.1) is 6.92 Å². The van der Waals surface area contributed by atoms with Gasteiger partial charge >= 0.3 is 5.97 Å². The van der Waals surface area contributed by atoms with E-state index < -0.39 is 0 Å². The SMILES string of the molecule is CCOC(=O)c1sc(NC(=O)c2ccc(Cl)cc2)cc1C. The first-order valence-electron chi connectivity index (χ1n) is 6.35. The third-order valence-electron chi connectivity index (χ3n) is 2.72. The van der Waals surface area contributed by atoms with Crippen molar-refractivity contribution in [1.29, 1.82) is 0 Å². The van der Waals surface area contributed by atoms with Crippen molar-refractivity contribution in [2.24, 2.45) is 0 Å². The van der Waals surface area contributed by atoms with E-state index in [1.165, 1.54) is 11.3 Å². The van der Waals surface area contributed by atoms with Crippen LogP contribution in [-0.2, 0) is 4.74 Å². The molecule has 0 spiro atoms. The van der Waals surface area contributed by atoms with Gasteiger partial charge in [-0.15, -0.1) is 11.3 Å². The van der Waals surface area contributed by atoms with E-state index in [0.717, 1.165) is 5.56 Å². The largest absolute Gasteiger partial charge is 0.462 e. The van der Waals surface area contributed by atoms with E-state index >= 15 is 0 Å². The van der Waals surface area contributed by atoms with Crippen LogP contribution in [0.5, 0.6) is 0 Å². The van der Waals surface area contributed by atoms with Gasteiger partial charge in [-0.1, -0.05) is 11.6 Å². The molecule has 0 fully saturated rings. The van der Waals surface area contributed by atoms with Crippen molar-refractivity contribution in [3.05, 3.63) is 51.4 Å². The Bertz CT molecular complexity index is 664. The van der Waals surface area contributed by atoms with Gasteiger partial charge in [-0.05, 0) is 49.7 Å². The number of benzene rings is 1. The molecule has 0 radical (unpaired) electrons. The van der Waals surface area contributed by atoms with Gasteiger partial charge in [0.15, 0.2) is 0 Å². The summed E-state index contributed by atoms with van der Waals surface area (Å²) < 4.78 is 4.97. The molecule has 1 aromatic carbocycles. The van der Waals surface area contributed by atoms with Gasteiger partial charge in [0.25, 0.3) is 5.91 Å². The number of rotatable bonds is 4. The Morgan fingerprint density at radius 2 is 1.95 bits per heavy atom. The fourth-order valence-corrected chi connectivity index (χ4v) is 2.82. The van der Waals surface area contributed by atoms with Gasteiger partial charge in [0, 0.05) is 10.6 Å². The van der Waals surface area contributed by atoms with E-state index in [-0.39, 0.29) is 11.9 Å². The Morgan fingerprint density at radius 1 is 1.29 bits per heavy atom. The predicted molar refractivity (Wildman–Crippen MR) is 84.4 cm³/mol. The van der Waals surface area contributed by atoms with Crippen LogP contribution in [0.3, 0.4) is 0 Å². The molecule has 21 heavy (non-hydrogen) atoms. The number of amides is 1. The summed E-state index contributed by atoms with van der Waals surface area (Å²) in [5.41, 5.74) is 1.29. The van der Waals surface area contributed by atoms with Crippen LogP contribution in [0.25, 0.3) is 0 Å². The molecule has 0 aliphatic carbocycles. The van der Waals surface area contributed by atoms with E-state index in [2.05, 4.69) is 5.32 Å². The van der Waals surface area contributed by atoms with Gasteiger partial charge in [0.05, 0.1) is 11.6 Å². The second-order valence-electron chi connectivity index (χ2n) is 4.30.